The molecule has 1 aromatic carbocycles. The van der Waals surface area contributed by atoms with E-state index in [9.17, 15) is 4.79 Å². The van der Waals surface area contributed by atoms with Crippen LogP contribution in [0.3, 0.4) is 0 Å². The van der Waals surface area contributed by atoms with Gasteiger partial charge in [0, 0.05) is 58.1 Å². The summed E-state index contributed by atoms with van der Waals surface area (Å²) < 4.78 is 0. The van der Waals surface area contributed by atoms with E-state index in [0.29, 0.717) is 5.69 Å². The summed E-state index contributed by atoms with van der Waals surface area (Å²) in [5.74, 6) is 1.81. The standard InChI is InChI=1S/C27H32N6O/c34-27(29-23-12-15-31(16-13-23)21-22-7-2-1-3-8-22)24-9-6-11-26(30-24)33-19-17-32(18-20-33)25-10-4-5-14-28-25/h1-11,14,23H,12-13,15-21H2,(H,29,34). The zero-order chi connectivity index (χ0) is 23.2. The first kappa shape index (κ1) is 22.3. The fraction of sp³-hybridized carbons (Fsp3) is 0.370. The largest absolute Gasteiger partial charge is 0.353 e. The average molecular weight is 457 g/mol. The van der Waals surface area contributed by atoms with E-state index < -0.39 is 0 Å². The molecule has 1 amide bonds. The molecular weight excluding hydrogens is 424 g/mol. The van der Waals surface area contributed by atoms with E-state index in [1.807, 2.05) is 42.6 Å². The molecule has 7 nitrogen and oxygen atoms in total. The van der Waals surface area contributed by atoms with Crippen molar-refractivity contribution in [2.75, 3.05) is 49.1 Å². The summed E-state index contributed by atoms with van der Waals surface area (Å²) >= 11 is 0. The van der Waals surface area contributed by atoms with E-state index in [2.05, 4.69) is 55.3 Å². The molecule has 7 heteroatoms. The number of nitrogens with zero attached hydrogens (tertiary/aromatic N) is 5. The van der Waals surface area contributed by atoms with E-state index in [-0.39, 0.29) is 11.9 Å². The first-order chi connectivity index (χ1) is 16.7. The third kappa shape index (κ3) is 5.54. The van der Waals surface area contributed by atoms with Gasteiger partial charge in [-0.05, 0) is 42.7 Å². The molecule has 0 radical (unpaired) electrons. The highest BCUT2D eigenvalue weighted by molar-refractivity contribution is 5.92. The van der Waals surface area contributed by atoms with E-state index >= 15 is 0 Å². The second-order valence-corrected chi connectivity index (χ2v) is 9.05. The number of amides is 1. The fourth-order valence-electron chi connectivity index (χ4n) is 4.77. The van der Waals surface area contributed by atoms with Crippen molar-refractivity contribution in [2.24, 2.45) is 0 Å². The van der Waals surface area contributed by atoms with Gasteiger partial charge in [-0.1, -0.05) is 42.5 Å². The topological polar surface area (TPSA) is 64.6 Å². The van der Waals surface area contributed by atoms with Crippen molar-refractivity contribution < 1.29 is 4.79 Å². The Kier molecular flexibility index (Phi) is 7.00. The van der Waals surface area contributed by atoms with Crippen LogP contribution in [-0.2, 0) is 6.54 Å². The summed E-state index contributed by atoms with van der Waals surface area (Å²) in [4.78, 5) is 29.1. The fourth-order valence-corrected chi connectivity index (χ4v) is 4.77. The molecule has 0 unspecified atom stereocenters. The first-order valence-electron chi connectivity index (χ1n) is 12.2. The Morgan fingerprint density at radius 2 is 1.47 bits per heavy atom. The predicted molar refractivity (Wildman–Crippen MR) is 135 cm³/mol. The maximum atomic E-state index is 12.9. The third-order valence-electron chi connectivity index (χ3n) is 6.72. The van der Waals surface area contributed by atoms with Crippen LogP contribution < -0.4 is 15.1 Å². The van der Waals surface area contributed by atoms with Crippen LogP contribution in [0.1, 0.15) is 28.9 Å². The lowest BCUT2D eigenvalue weighted by atomic mass is 10.0. The minimum Gasteiger partial charge on any atom is -0.353 e. The van der Waals surface area contributed by atoms with Gasteiger partial charge < -0.3 is 15.1 Å². The van der Waals surface area contributed by atoms with Gasteiger partial charge in [-0.25, -0.2) is 9.97 Å². The van der Waals surface area contributed by atoms with Gasteiger partial charge in [0.1, 0.15) is 17.3 Å². The number of nitrogens with one attached hydrogen (secondary N) is 1. The molecule has 2 aliphatic rings. The monoisotopic (exact) mass is 456 g/mol. The predicted octanol–water partition coefficient (Wildman–Crippen LogP) is 3.20. The molecule has 3 aromatic rings. The lowest BCUT2D eigenvalue weighted by Crippen LogP contribution is -2.47. The first-order valence-corrected chi connectivity index (χ1v) is 12.2. The summed E-state index contributed by atoms with van der Waals surface area (Å²) in [5, 5.41) is 3.22. The van der Waals surface area contributed by atoms with Gasteiger partial charge in [-0.15, -0.1) is 0 Å². The van der Waals surface area contributed by atoms with Crippen LogP contribution in [0.2, 0.25) is 0 Å². The second-order valence-electron chi connectivity index (χ2n) is 9.05. The van der Waals surface area contributed by atoms with Crippen molar-refractivity contribution in [3.63, 3.8) is 0 Å². The zero-order valence-corrected chi connectivity index (χ0v) is 19.5. The van der Waals surface area contributed by atoms with Crippen molar-refractivity contribution in [2.45, 2.75) is 25.4 Å². The number of hydrogen-bond acceptors (Lipinski definition) is 6. The number of benzene rings is 1. The van der Waals surface area contributed by atoms with Crippen molar-refractivity contribution in [3.8, 4) is 0 Å². The number of piperazine rings is 1. The Morgan fingerprint density at radius 1 is 0.794 bits per heavy atom. The maximum absolute atomic E-state index is 12.9. The Labute approximate surface area is 201 Å². The van der Waals surface area contributed by atoms with Gasteiger partial charge in [0.15, 0.2) is 0 Å². The highest BCUT2D eigenvalue weighted by Gasteiger charge is 2.23. The Bertz CT molecular complexity index is 1060. The second kappa shape index (κ2) is 10.7. The molecule has 2 fully saturated rings. The number of aromatic nitrogens is 2. The summed E-state index contributed by atoms with van der Waals surface area (Å²) in [6.45, 7) is 6.44. The number of likely N-dealkylation sites (tertiary alicyclic amines) is 1. The van der Waals surface area contributed by atoms with Crippen LogP contribution in [-0.4, -0.2) is 66.1 Å². The lowest BCUT2D eigenvalue weighted by Gasteiger charge is -2.36. The Balaban J connectivity index is 1.12. The molecule has 2 saturated heterocycles. The molecule has 5 rings (SSSR count). The molecule has 176 valence electrons. The van der Waals surface area contributed by atoms with Gasteiger partial charge in [0.25, 0.3) is 5.91 Å². The third-order valence-corrected chi connectivity index (χ3v) is 6.72. The molecular formula is C27H32N6O. The normalized spacial score (nSPS) is 17.5. The van der Waals surface area contributed by atoms with Crippen molar-refractivity contribution >= 4 is 17.5 Å². The average Bonchev–Trinajstić information content (AvgIpc) is 2.91. The molecule has 1 N–H and O–H groups in total. The van der Waals surface area contributed by atoms with Crippen LogP contribution in [0.4, 0.5) is 11.6 Å². The molecule has 0 aliphatic carbocycles. The van der Waals surface area contributed by atoms with Gasteiger partial charge in [0.05, 0.1) is 0 Å². The minimum absolute atomic E-state index is 0.0736. The molecule has 2 aliphatic heterocycles. The smallest absolute Gasteiger partial charge is 0.270 e. The number of pyridine rings is 2. The van der Waals surface area contributed by atoms with E-state index in [0.717, 1.165) is 70.3 Å². The minimum atomic E-state index is -0.0736. The zero-order valence-electron chi connectivity index (χ0n) is 19.5. The van der Waals surface area contributed by atoms with E-state index in [1.54, 1.807) is 0 Å². The van der Waals surface area contributed by atoms with Gasteiger partial charge in [-0.3, -0.25) is 9.69 Å². The van der Waals surface area contributed by atoms with Gasteiger partial charge >= 0.3 is 0 Å². The number of piperidine rings is 1. The van der Waals surface area contributed by atoms with Crippen LogP contribution in [0.15, 0.2) is 72.9 Å². The van der Waals surface area contributed by atoms with Crippen LogP contribution in [0.5, 0.6) is 0 Å². The molecule has 0 saturated carbocycles. The number of rotatable bonds is 6. The molecule has 34 heavy (non-hydrogen) atoms. The maximum Gasteiger partial charge on any atom is 0.270 e. The summed E-state index contributed by atoms with van der Waals surface area (Å²) in [6, 6.07) is 22.5. The van der Waals surface area contributed by atoms with E-state index in [4.69, 9.17) is 4.98 Å². The highest BCUT2D eigenvalue weighted by atomic mass is 16.1. The summed E-state index contributed by atoms with van der Waals surface area (Å²) in [5.41, 5.74) is 1.84. The molecule has 0 bridgehead atoms. The lowest BCUT2D eigenvalue weighted by molar-refractivity contribution is 0.0904. The highest BCUT2D eigenvalue weighted by Crippen LogP contribution is 2.19. The van der Waals surface area contributed by atoms with Gasteiger partial charge in [0.2, 0.25) is 0 Å². The van der Waals surface area contributed by atoms with E-state index in [1.165, 1.54) is 5.56 Å². The molecule has 0 spiro atoms. The van der Waals surface area contributed by atoms with Crippen molar-refractivity contribution in [3.05, 3.63) is 84.2 Å². The molecule has 2 aromatic heterocycles. The summed E-state index contributed by atoms with van der Waals surface area (Å²) in [7, 11) is 0. The quantitative estimate of drug-likeness (QED) is 0.615. The SMILES string of the molecule is O=C(NC1CCN(Cc2ccccc2)CC1)c1cccc(N2CCN(c3ccccn3)CC2)n1. The van der Waals surface area contributed by atoms with Crippen LogP contribution in [0.25, 0.3) is 0 Å². The number of hydrogen-bond donors (Lipinski definition) is 1. The number of carbonyl (C=O) groups excluding carboxylic acids is 1. The van der Waals surface area contributed by atoms with Crippen molar-refractivity contribution in [1.29, 1.82) is 0 Å². The van der Waals surface area contributed by atoms with Crippen molar-refractivity contribution in [1.82, 2.24) is 20.2 Å². The summed E-state index contributed by atoms with van der Waals surface area (Å²) in [6.07, 6.45) is 3.76. The number of anilines is 2. The molecule has 0 atom stereocenters. The van der Waals surface area contributed by atoms with Crippen LogP contribution in [0, 0.1) is 0 Å². The number of carbonyl (C=O) groups is 1. The Hall–Kier alpha value is -3.45. The van der Waals surface area contributed by atoms with Crippen LogP contribution >= 0.6 is 0 Å². The Morgan fingerprint density at radius 3 is 2.18 bits per heavy atom. The molecule has 4 heterocycles. The van der Waals surface area contributed by atoms with Gasteiger partial charge in [-0.2, -0.15) is 0 Å².